The van der Waals surface area contributed by atoms with Crippen molar-refractivity contribution < 1.29 is 4.42 Å². The Balaban J connectivity index is 2.04. The van der Waals surface area contributed by atoms with Crippen molar-refractivity contribution in [1.82, 2.24) is 19.5 Å². The second kappa shape index (κ2) is 3.34. The van der Waals surface area contributed by atoms with Crippen LogP contribution in [-0.2, 0) is 6.54 Å². The van der Waals surface area contributed by atoms with E-state index in [0.29, 0.717) is 23.9 Å². The molecule has 6 heteroatoms. The largest absolute Gasteiger partial charge is 0.467 e. The summed E-state index contributed by atoms with van der Waals surface area (Å²) in [6.45, 7) is 0.536. The van der Waals surface area contributed by atoms with Crippen LogP contribution in [0.3, 0.4) is 0 Å². The molecule has 1 aromatic rings. The fraction of sp³-hybridized carbons (Fsp3) is 0.100. The van der Waals surface area contributed by atoms with Crippen LogP contribution in [0.5, 0.6) is 0 Å². The first-order valence-corrected chi connectivity index (χ1v) is 4.78. The van der Waals surface area contributed by atoms with Crippen molar-refractivity contribution in [3.05, 3.63) is 36.8 Å². The van der Waals surface area contributed by atoms with E-state index >= 15 is 0 Å². The van der Waals surface area contributed by atoms with Gasteiger partial charge in [-0.2, -0.15) is 0 Å². The van der Waals surface area contributed by atoms with Gasteiger partial charge in [0, 0.05) is 0 Å². The number of hydrogen-bond donors (Lipinski definition) is 1. The van der Waals surface area contributed by atoms with E-state index in [9.17, 15) is 0 Å². The van der Waals surface area contributed by atoms with E-state index < -0.39 is 0 Å². The summed E-state index contributed by atoms with van der Waals surface area (Å²) in [5, 5.41) is 0. The van der Waals surface area contributed by atoms with Crippen LogP contribution in [0.2, 0.25) is 0 Å². The Hall–Kier alpha value is -2.37. The zero-order valence-electron chi connectivity index (χ0n) is 8.37. The maximum absolute atomic E-state index is 5.96. The number of aromatic nitrogens is 4. The van der Waals surface area contributed by atoms with Crippen LogP contribution in [0, 0.1) is 0 Å². The summed E-state index contributed by atoms with van der Waals surface area (Å²) in [6, 6.07) is 3.72. The van der Waals surface area contributed by atoms with Gasteiger partial charge in [-0.3, -0.25) is 0 Å². The van der Waals surface area contributed by atoms with Crippen LogP contribution in [-0.4, -0.2) is 19.5 Å². The first kappa shape index (κ1) is 8.90. The first-order valence-electron chi connectivity index (χ1n) is 4.78. The third kappa shape index (κ3) is 1.31. The van der Waals surface area contributed by atoms with Gasteiger partial charge in [0.1, 0.15) is 23.6 Å². The van der Waals surface area contributed by atoms with Gasteiger partial charge in [0.2, 0.25) is 0 Å². The zero-order chi connectivity index (χ0) is 11.0. The quantitative estimate of drug-likeness (QED) is 0.689. The lowest BCUT2D eigenvalue weighted by Crippen LogP contribution is -2.10. The lowest BCUT2D eigenvalue weighted by atomic mass is 10.3. The Morgan fingerprint density at radius 2 is 2.25 bits per heavy atom. The zero-order valence-corrected chi connectivity index (χ0v) is 8.37. The Morgan fingerprint density at radius 1 is 1.31 bits per heavy atom. The lowest BCUT2D eigenvalue weighted by molar-refractivity contribution is 0.493. The van der Waals surface area contributed by atoms with E-state index in [2.05, 4.69) is 15.0 Å². The normalized spacial score (nSPS) is 11.0. The topological polar surface area (TPSA) is 82.8 Å². The average molecular weight is 215 g/mol. The van der Waals surface area contributed by atoms with E-state index in [1.807, 2.05) is 12.1 Å². The van der Waals surface area contributed by atoms with Crippen molar-refractivity contribution in [3.63, 3.8) is 0 Å². The molecular formula is C10H9N5O. The summed E-state index contributed by atoms with van der Waals surface area (Å²) in [5.41, 5.74) is 6.58. The highest BCUT2D eigenvalue weighted by molar-refractivity contribution is 5.64. The van der Waals surface area contributed by atoms with Crippen LogP contribution in [0.15, 0.2) is 35.5 Å². The van der Waals surface area contributed by atoms with Crippen LogP contribution in [0.4, 0.5) is 5.82 Å². The van der Waals surface area contributed by atoms with Crippen molar-refractivity contribution in [3.8, 4) is 11.5 Å². The van der Waals surface area contributed by atoms with Crippen molar-refractivity contribution in [2.24, 2.45) is 0 Å². The minimum absolute atomic E-state index is 0.536. The molecular weight excluding hydrogens is 206 g/mol. The maximum Gasteiger partial charge on any atom is 0.184 e. The van der Waals surface area contributed by atoms with Crippen LogP contribution < -0.4 is 5.73 Å². The summed E-state index contributed by atoms with van der Waals surface area (Å²) in [4.78, 5) is 12.2. The molecule has 0 radical (unpaired) electrons. The molecule has 0 aliphatic carbocycles. The molecule has 2 aliphatic rings. The molecule has 80 valence electrons. The summed E-state index contributed by atoms with van der Waals surface area (Å²) < 4.78 is 7.02. The Bertz CT molecular complexity index is 571. The van der Waals surface area contributed by atoms with E-state index in [1.165, 1.54) is 6.33 Å². The number of furan rings is 1. The number of nitrogens with two attached hydrogens (primary N) is 1. The molecule has 0 aromatic carbocycles. The van der Waals surface area contributed by atoms with Gasteiger partial charge in [0.05, 0.1) is 19.1 Å². The van der Waals surface area contributed by atoms with Crippen molar-refractivity contribution in [2.45, 2.75) is 6.54 Å². The number of fused-ring (bicyclic) bond motifs is 1. The molecule has 3 heterocycles. The van der Waals surface area contributed by atoms with Crippen molar-refractivity contribution in [2.75, 3.05) is 5.73 Å². The van der Waals surface area contributed by atoms with E-state index in [1.54, 1.807) is 17.2 Å². The second-order valence-electron chi connectivity index (χ2n) is 3.38. The van der Waals surface area contributed by atoms with E-state index in [4.69, 9.17) is 10.2 Å². The van der Waals surface area contributed by atoms with Crippen LogP contribution in [0.25, 0.3) is 11.5 Å². The molecule has 2 N–H and O–H groups in total. The predicted molar refractivity (Wildman–Crippen MR) is 56.7 cm³/mol. The van der Waals surface area contributed by atoms with Crippen molar-refractivity contribution in [1.29, 1.82) is 0 Å². The summed E-state index contributed by atoms with van der Waals surface area (Å²) >= 11 is 0. The van der Waals surface area contributed by atoms with Gasteiger partial charge < -0.3 is 14.7 Å². The van der Waals surface area contributed by atoms with E-state index in [-0.39, 0.29) is 0 Å². The number of nitrogens with zero attached hydrogens (tertiary/aromatic N) is 4. The average Bonchev–Trinajstić information content (AvgIpc) is 2.93. The highest BCUT2D eigenvalue weighted by Crippen LogP contribution is 2.21. The summed E-state index contributed by atoms with van der Waals surface area (Å²) in [5.74, 6) is 1.92. The number of hydrogen-bond acceptors (Lipinski definition) is 5. The molecule has 0 spiro atoms. The minimum Gasteiger partial charge on any atom is -0.467 e. The van der Waals surface area contributed by atoms with Gasteiger partial charge in [0.15, 0.2) is 5.82 Å². The SMILES string of the molecule is Nc1c2ncnc-2ncn1Cc1ccco1. The van der Waals surface area contributed by atoms with Gasteiger partial charge in [-0.1, -0.05) is 0 Å². The summed E-state index contributed by atoms with van der Waals surface area (Å²) in [6.07, 6.45) is 4.71. The first-order chi connectivity index (χ1) is 7.84. The number of imidazole rings is 1. The highest BCUT2D eigenvalue weighted by atomic mass is 16.3. The maximum atomic E-state index is 5.96. The number of nitrogen functional groups attached to an aromatic ring is 1. The van der Waals surface area contributed by atoms with Gasteiger partial charge in [-0.05, 0) is 12.1 Å². The molecule has 0 fully saturated rings. The second-order valence-corrected chi connectivity index (χ2v) is 3.38. The van der Waals surface area contributed by atoms with Crippen LogP contribution in [0.1, 0.15) is 5.76 Å². The molecule has 16 heavy (non-hydrogen) atoms. The number of rotatable bonds is 2. The third-order valence-electron chi connectivity index (χ3n) is 2.36. The van der Waals surface area contributed by atoms with Gasteiger partial charge in [-0.15, -0.1) is 0 Å². The molecule has 0 saturated heterocycles. The Labute approximate surface area is 91.1 Å². The standard InChI is InChI=1S/C10H9N5O/c11-9-8-10(13-5-12-8)14-6-15(9)4-7-2-1-3-16-7/h1-3,5-6H,4,11H2. The molecule has 3 rings (SSSR count). The highest BCUT2D eigenvalue weighted by Gasteiger charge is 2.13. The smallest absolute Gasteiger partial charge is 0.184 e. The minimum atomic E-state index is 0.536. The van der Waals surface area contributed by atoms with Crippen molar-refractivity contribution >= 4 is 5.82 Å². The Morgan fingerprint density at radius 3 is 3.06 bits per heavy atom. The Kier molecular flexibility index (Phi) is 1.86. The van der Waals surface area contributed by atoms with E-state index in [0.717, 1.165) is 5.76 Å². The van der Waals surface area contributed by atoms with Crippen LogP contribution >= 0.6 is 0 Å². The third-order valence-corrected chi connectivity index (χ3v) is 2.36. The lowest BCUT2D eigenvalue weighted by Gasteiger charge is -2.10. The molecule has 0 atom stereocenters. The van der Waals surface area contributed by atoms with Gasteiger partial charge >= 0.3 is 0 Å². The fourth-order valence-electron chi connectivity index (χ4n) is 1.55. The molecule has 0 unspecified atom stereocenters. The fourth-order valence-corrected chi connectivity index (χ4v) is 1.55. The van der Waals surface area contributed by atoms with Gasteiger partial charge in [-0.25, -0.2) is 15.0 Å². The molecule has 0 amide bonds. The predicted octanol–water partition coefficient (Wildman–Crippen LogP) is 1.00. The van der Waals surface area contributed by atoms with Gasteiger partial charge in [0.25, 0.3) is 0 Å². The molecule has 1 aromatic heterocycles. The molecule has 2 aliphatic heterocycles. The molecule has 0 bridgehead atoms. The molecule has 6 nitrogen and oxygen atoms in total. The summed E-state index contributed by atoms with van der Waals surface area (Å²) in [7, 11) is 0. The monoisotopic (exact) mass is 215 g/mol. The molecule has 0 saturated carbocycles. The number of anilines is 1.